The Hall–Kier alpha value is -1.41. The minimum absolute atomic E-state index is 0.153. The van der Waals surface area contributed by atoms with Gasteiger partial charge in [-0.25, -0.2) is 0 Å². The van der Waals surface area contributed by atoms with Crippen LogP contribution in [0.5, 0.6) is 0 Å². The second-order valence-corrected chi connectivity index (χ2v) is 3.05. The first-order valence-corrected chi connectivity index (χ1v) is 4.61. The number of esters is 1. The van der Waals surface area contributed by atoms with Gasteiger partial charge < -0.3 is 9.58 Å². The van der Waals surface area contributed by atoms with Crippen molar-refractivity contribution in [3.8, 4) is 0 Å². The maximum Gasteiger partial charge on any atom is 0.329 e. The molecule has 0 N–H and O–H groups in total. The maximum absolute atomic E-state index is 11.0. The van der Waals surface area contributed by atoms with Crippen LogP contribution in [0.15, 0.2) is 5.38 Å². The molecule has 0 aliphatic carbocycles. The fourth-order valence-corrected chi connectivity index (χ4v) is 1.39. The Morgan fingerprint density at radius 3 is 3.15 bits per heavy atom. The highest BCUT2D eigenvalue weighted by Crippen LogP contribution is 2.18. The van der Waals surface area contributed by atoms with Crippen LogP contribution in [0.2, 0.25) is 0 Å². The van der Waals surface area contributed by atoms with Crippen LogP contribution in [-0.2, 0) is 16.0 Å². The summed E-state index contributed by atoms with van der Waals surface area (Å²) in [6.45, 7) is 8.80. The molecule has 68 valence electrons. The lowest BCUT2D eigenvalue weighted by Crippen LogP contribution is -2.07. The molecule has 4 nitrogen and oxygen atoms in total. The van der Waals surface area contributed by atoms with E-state index in [9.17, 15) is 4.79 Å². The third-order valence-corrected chi connectivity index (χ3v) is 2.05. The van der Waals surface area contributed by atoms with Crippen LogP contribution in [0.1, 0.15) is 12.6 Å². The van der Waals surface area contributed by atoms with Crippen LogP contribution in [-0.4, -0.2) is 17.6 Å². The lowest BCUT2D eigenvalue weighted by atomic mass is 10.3. The monoisotopic (exact) mass is 196 g/mol. The van der Waals surface area contributed by atoms with Crippen molar-refractivity contribution in [3.05, 3.63) is 22.5 Å². The molecule has 1 rings (SSSR count). The summed E-state index contributed by atoms with van der Waals surface area (Å²) in [6, 6.07) is 0. The predicted octanol–water partition coefficient (Wildman–Crippen LogP) is 1.80. The van der Waals surface area contributed by atoms with E-state index in [1.54, 1.807) is 12.3 Å². The van der Waals surface area contributed by atoms with Crippen molar-refractivity contribution >= 4 is 22.4 Å². The van der Waals surface area contributed by atoms with Gasteiger partial charge in [-0.15, -0.1) is 16.3 Å². The number of ether oxygens (including phenoxy) is 1. The summed E-state index contributed by atoms with van der Waals surface area (Å²) >= 11 is 1.24. The molecule has 0 unspecified atom stereocenters. The van der Waals surface area contributed by atoms with E-state index in [0.29, 0.717) is 17.4 Å². The third-order valence-electron chi connectivity index (χ3n) is 1.27. The van der Waals surface area contributed by atoms with Gasteiger partial charge in [0.2, 0.25) is 0 Å². The summed E-state index contributed by atoms with van der Waals surface area (Å²) in [7, 11) is 0. The van der Waals surface area contributed by atoms with Crippen molar-refractivity contribution in [3.63, 3.8) is 0 Å². The second kappa shape index (κ2) is 4.58. The van der Waals surface area contributed by atoms with E-state index in [0.717, 1.165) is 0 Å². The first-order chi connectivity index (χ1) is 6.26. The van der Waals surface area contributed by atoms with Crippen molar-refractivity contribution in [2.45, 2.75) is 13.3 Å². The van der Waals surface area contributed by atoms with Gasteiger partial charge in [0.15, 0.2) is 5.69 Å². The molecule has 0 aromatic carbocycles. The average Bonchev–Trinajstić information content (AvgIpc) is 2.52. The molecule has 1 aromatic rings. The number of aromatic nitrogens is 1. The molecule has 0 fully saturated rings. The second-order valence-electron chi connectivity index (χ2n) is 2.22. The number of hydrogen-bond donors (Lipinski definition) is 0. The lowest BCUT2D eigenvalue weighted by molar-refractivity contribution is -0.142. The molecular formula is C8H8N2O2S. The molecule has 0 bridgehead atoms. The molecule has 0 aliphatic rings. The Morgan fingerprint density at radius 2 is 2.62 bits per heavy atom. The minimum Gasteiger partial charge on any atom is -0.466 e. The zero-order valence-corrected chi connectivity index (χ0v) is 7.93. The van der Waals surface area contributed by atoms with Crippen LogP contribution in [0, 0.1) is 6.57 Å². The number of nitrogens with zero attached hydrogens (tertiary/aromatic N) is 2. The number of carbonyl (C=O) groups is 1. The molecule has 0 atom stereocenters. The Kier molecular flexibility index (Phi) is 3.41. The van der Waals surface area contributed by atoms with E-state index in [2.05, 4.69) is 9.83 Å². The number of thiazole rings is 1. The fraction of sp³-hybridized carbons (Fsp3) is 0.375. The molecule has 0 aliphatic heterocycles. The molecule has 0 saturated carbocycles. The average molecular weight is 196 g/mol. The number of carbonyl (C=O) groups excluding carboxylic acids is 1. The molecule has 0 amide bonds. The van der Waals surface area contributed by atoms with Gasteiger partial charge in [-0.1, -0.05) is 6.57 Å². The first kappa shape index (κ1) is 9.68. The summed E-state index contributed by atoms with van der Waals surface area (Å²) < 4.78 is 4.74. The molecule has 0 saturated heterocycles. The summed E-state index contributed by atoms with van der Waals surface area (Å²) in [6.07, 6.45) is 0.153. The van der Waals surface area contributed by atoms with Gasteiger partial charge in [0.25, 0.3) is 0 Å². The topological polar surface area (TPSA) is 43.5 Å². The van der Waals surface area contributed by atoms with E-state index in [-0.39, 0.29) is 12.4 Å². The Bertz CT molecular complexity index is 340. The van der Waals surface area contributed by atoms with Gasteiger partial charge >= 0.3 is 11.1 Å². The highest BCUT2D eigenvalue weighted by molar-refractivity contribution is 7.13. The smallest absolute Gasteiger partial charge is 0.329 e. The van der Waals surface area contributed by atoms with Crippen LogP contribution >= 0.6 is 11.3 Å². The van der Waals surface area contributed by atoms with E-state index in [1.807, 2.05) is 0 Å². The third kappa shape index (κ3) is 2.84. The van der Waals surface area contributed by atoms with Gasteiger partial charge in [-0.2, -0.15) is 0 Å². The normalized spacial score (nSPS) is 9.23. The van der Waals surface area contributed by atoms with Crippen molar-refractivity contribution in [2.24, 2.45) is 0 Å². The van der Waals surface area contributed by atoms with Gasteiger partial charge in [0, 0.05) is 5.38 Å². The minimum atomic E-state index is -0.302. The van der Waals surface area contributed by atoms with Crippen molar-refractivity contribution in [1.29, 1.82) is 0 Å². The van der Waals surface area contributed by atoms with Crippen molar-refractivity contribution < 1.29 is 9.53 Å². The van der Waals surface area contributed by atoms with Gasteiger partial charge in [-0.3, -0.25) is 4.79 Å². The standard InChI is InChI=1S/C8H8N2O2S/c1-3-12-7(11)4-6-5-13-8(9-2)10-6/h5H,3-4H2,1H3. The Labute approximate surface area is 80.0 Å². The zero-order valence-electron chi connectivity index (χ0n) is 7.11. The van der Waals surface area contributed by atoms with E-state index in [4.69, 9.17) is 11.3 Å². The van der Waals surface area contributed by atoms with Gasteiger partial charge in [0.1, 0.15) is 6.42 Å². The summed E-state index contributed by atoms with van der Waals surface area (Å²) in [5.74, 6) is -0.302. The van der Waals surface area contributed by atoms with Gasteiger partial charge in [-0.05, 0) is 6.92 Å². The quantitative estimate of drug-likeness (QED) is 0.547. The summed E-state index contributed by atoms with van der Waals surface area (Å²) in [4.78, 5) is 18.0. The van der Waals surface area contributed by atoms with Gasteiger partial charge in [0.05, 0.1) is 6.61 Å². The zero-order chi connectivity index (χ0) is 9.68. The molecule has 0 spiro atoms. The fourth-order valence-electron chi connectivity index (χ4n) is 0.789. The summed E-state index contributed by atoms with van der Waals surface area (Å²) in [5, 5.41) is 2.06. The van der Waals surface area contributed by atoms with Crippen LogP contribution < -0.4 is 0 Å². The van der Waals surface area contributed by atoms with E-state index in [1.165, 1.54) is 11.3 Å². The molecule has 13 heavy (non-hydrogen) atoms. The molecular weight excluding hydrogens is 188 g/mol. The van der Waals surface area contributed by atoms with Crippen molar-refractivity contribution in [1.82, 2.24) is 4.98 Å². The molecule has 1 aromatic heterocycles. The molecule has 1 heterocycles. The maximum atomic E-state index is 11.0. The van der Waals surface area contributed by atoms with Crippen LogP contribution in [0.3, 0.4) is 0 Å². The largest absolute Gasteiger partial charge is 0.466 e. The summed E-state index contributed by atoms with van der Waals surface area (Å²) in [5.41, 5.74) is 0.606. The molecule has 5 heteroatoms. The van der Waals surface area contributed by atoms with E-state index >= 15 is 0 Å². The number of rotatable bonds is 3. The highest BCUT2D eigenvalue weighted by atomic mass is 32.1. The Morgan fingerprint density at radius 1 is 1.85 bits per heavy atom. The van der Waals surface area contributed by atoms with Crippen molar-refractivity contribution in [2.75, 3.05) is 6.61 Å². The SMILES string of the molecule is [C-]#[N+]c1nc(CC(=O)OCC)cs1. The Balaban J connectivity index is 2.55. The number of hydrogen-bond acceptors (Lipinski definition) is 4. The lowest BCUT2D eigenvalue weighted by Gasteiger charge is -1.95. The predicted molar refractivity (Wildman–Crippen MR) is 48.7 cm³/mol. The van der Waals surface area contributed by atoms with E-state index < -0.39 is 0 Å². The highest BCUT2D eigenvalue weighted by Gasteiger charge is 2.10. The van der Waals surface area contributed by atoms with Crippen LogP contribution in [0.25, 0.3) is 4.85 Å². The van der Waals surface area contributed by atoms with Crippen LogP contribution in [0.4, 0.5) is 5.13 Å². The first-order valence-electron chi connectivity index (χ1n) is 3.73. The molecule has 0 radical (unpaired) electrons.